The van der Waals surface area contributed by atoms with Crippen LogP contribution in [0.5, 0.6) is 11.5 Å². The molecule has 0 radical (unpaired) electrons. The van der Waals surface area contributed by atoms with Gasteiger partial charge in [0.2, 0.25) is 0 Å². The summed E-state index contributed by atoms with van der Waals surface area (Å²) in [5, 5.41) is 3.85. The first-order valence-electron chi connectivity index (χ1n) is 7.15. The van der Waals surface area contributed by atoms with Gasteiger partial charge < -0.3 is 14.8 Å². The molecule has 1 aromatic heterocycles. The van der Waals surface area contributed by atoms with Gasteiger partial charge in [0, 0.05) is 24.2 Å². The van der Waals surface area contributed by atoms with Crippen molar-refractivity contribution in [2.45, 2.75) is 37.6 Å². The summed E-state index contributed by atoms with van der Waals surface area (Å²) in [7, 11) is 3.28. The predicted molar refractivity (Wildman–Crippen MR) is 80.6 cm³/mol. The first-order valence-corrected chi connectivity index (χ1v) is 7.59. The van der Waals surface area contributed by atoms with E-state index in [0.29, 0.717) is 17.7 Å². The fourth-order valence-electron chi connectivity index (χ4n) is 2.70. The van der Waals surface area contributed by atoms with E-state index in [0.717, 1.165) is 36.7 Å². The van der Waals surface area contributed by atoms with Gasteiger partial charge in [-0.3, -0.25) is 4.98 Å². The smallest absolute Gasteiger partial charge is 0.183 e. The molecule has 0 aliphatic heterocycles. The third-order valence-corrected chi connectivity index (χ3v) is 4.30. The van der Waals surface area contributed by atoms with Crippen LogP contribution in [0.4, 0.5) is 0 Å². The van der Waals surface area contributed by atoms with Gasteiger partial charge in [-0.05, 0) is 38.1 Å². The van der Waals surface area contributed by atoms with Crippen LogP contribution in [0.25, 0.3) is 0 Å². The molecule has 20 heavy (non-hydrogen) atoms. The molecule has 0 unspecified atom stereocenters. The fraction of sp³-hybridized carbons (Fsp3) is 0.667. The van der Waals surface area contributed by atoms with Crippen molar-refractivity contribution in [1.82, 2.24) is 10.3 Å². The summed E-state index contributed by atoms with van der Waals surface area (Å²) >= 11 is 6.12. The van der Waals surface area contributed by atoms with Crippen LogP contribution in [0, 0.1) is 5.92 Å². The number of nitrogens with one attached hydrogen (secondary N) is 1. The third kappa shape index (κ3) is 4.00. The second kappa shape index (κ2) is 7.70. The zero-order valence-corrected chi connectivity index (χ0v) is 12.9. The van der Waals surface area contributed by atoms with Crippen LogP contribution in [0.3, 0.4) is 0 Å². The molecule has 0 saturated heterocycles. The van der Waals surface area contributed by atoms with Crippen LogP contribution in [0.1, 0.15) is 31.4 Å². The van der Waals surface area contributed by atoms with Crippen molar-refractivity contribution in [3.8, 4) is 11.5 Å². The number of nitrogens with zero attached hydrogens (tertiary/aromatic N) is 1. The topological polar surface area (TPSA) is 43.4 Å². The van der Waals surface area contributed by atoms with E-state index in [1.807, 2.05) is 6.07 Å². The van der Waals surface area contributed by atoms with E-state index in [4.69, 9.17) is 21.1 Å². The van der Waals surface area contributed by atoms with Crippen molar-refractivity contribution in [1.29, 1.82) is 0 Å². The number of alkyl halides is 1. The van der Waals surface area contributed by atoms with E-state index in [-0.39, 0.29) is 0 Å². The maximum Gasteiger partial charge on any atom is 0.183 e. The Morgan fingerprint density at radius 1 is 1.25 bits per heavy atom. The van der Waals surface area contributed by atoms with Gasteiger partial charge in [0.05, 0.1) is 19.9 Å². The predicted octanol–water partition coefficient (Wildman–Crippen LogP) is 2.99. The largest absolute Gasteiger partial charge is 0.493 e. The lowest BCUT2D eigenvalue weighted by Crippen LogP contribution is -2.26. The molecule has 0 bridgehead atoms. The molecule has 1 aliphatic rings. The first kappa shape index (κ1) is 15.4. The maximum absolute atomic E-state index is 6.12. The lowest BCUT2D eigenvalue weighted by Gasteiger charge is -2.25. The van der Waals surface area contributed by atoms with E-state index in [1.165, 1.54) is 12.8 Å². The minimum Gasteiger partial charge on any atom is -0.493 e. The molecule has 1 N–H and O–H groups in total. The van der Waals surface area contributed by atoms with Gasteiger partial charge in [0.15, 0.2) is 11.5 Å². The van der Waals surface area contributed by atoms with E-state index < -0.39 is 0 Å². The Labute approximate surface area is 125 Å². The zero-order chi connectivity index (χ0) is 14.4. The number of hydrogen-bond acceptors (Lipinski definition) is 4. The van der Waals surface area contributed by atoms with Crippen molar-refractivity contribution >= 4 is 11.6 Å². The lowest BCUT2D eigenvalue weighted by molar-refractivity contribution is 0.336. The minimum atomic E-state index is 0.381. The molecule has 0 spiro atoms. The van der Waals surface area contributed by atoms with Gasteiger partial charge in [0.1, 0.15) is 0 Å². The number of methoxy groups -OCH3 is 2. The second-order valence-electron chi connectivity index (χ2n) is 5.24. The van der Waals surface area contributed by atoms with Gasteiger partial charge in [-0.15, -0.1) is 11.6 Å². The van der Waals surface area contributed by atoms with Gasteiger partial charge in [-0.2, -0.15) is 0 Å². The average Bonchev–Trinajstić information content (AvgIpc) is 2.49. The van der Waals surface area contributed by atoms with Crippen LogP contribution >= 0.6 is 11.6 Å². The van der Waals surface area contributed by atoms with Gasteiger partial charge in [0.25, 0.3) is 0 Å². The molecular weight excluding hydrogens is 276 g/mol. The summed E-state index contributed by atoms with van der Waals surface area (Å²) in [4.78, 5) is 4.36. The summed E-state index contributed by atoms with van der Waals surface area (Å²) in [6.45, 7) is 1.70. The molecular formula is C15H23ClN2O2. The summed E-state index contributed by atoms with van der Waals surface area (Å²) in [6.07, 6.45) is 6.44. The van der Waals surface area contributed by atoms with E-state index in [1.54, 1.807) is 20.4 Å². The molecule has 5 heteroatoms. The summed E-state index contributed by atoms with van der Waals surface area (Å²) in [5.74, 6) is 2.16. The Balaban J connectivity index is 1.85. The molecule has 4 nitrogen and oxygen atoms in total. The normalized spacial score (nSPS) is 22.6. The molecule has 1 aromatic rings. The summed E-state index contributed by atoms with van der Waals surface area (Å²) < 4.78 is 10.7. The monoisotopic (exact) mass is 298 g/mol. The Hall–Kier alpha value is -1.00. The number of aromatic nitrogens is 1. The molecule has 1 saturated carbocycles. The maximum atomic E-state index is 6.12. The molecule has 0 atom stereocenters. The molecule has 1 heterocycles. The van der Waals surface area contributed by atoms with Crippen LogP contribution in [-0.2, 0) is 6.54 Å². The molecule has 2 rings (SSSR count). The van der Waals surface area contributed by atoms with Crippen molar-refractivity contribution in [2.24, 2.45) is 5.92 Å². The van der Waals surface area contributed by atoms with Crippen LogP contribution < -0.4 is 14.8 Å². The highest BCUT2D eigenvalue weighted by molar-refractivity contribution is 6.20. The van der Waals surface area contributed by atoms with Gasteiger partial charge in [-0.1, -0.05) is 0 Å². The van der Waals surface area contributed by atoms with E-state index >= 15 is 0 Å². The zero-order valence-electron chi connectivity index (χ0n) is 12.2. The van der Waals surface area contributed by atoms with Gasteiger partial charge in [-0.25, -0.2) is 0 Å². The number of ether oxygens (including phenoxy) is 2. The van der Waals surface area contributed by atoms with Crippen molar-refractivity contribution < 1.29 is 9.47 Å². The highest BCUT2D eigenvalue weighted by atomic mass is 35.5. The molecule has 0 amide bonds. The number of halogens is 1. The Kier molecular flexibility index (Phi) is 5.92. The quantitative estimate of drug-likeness (QED) is 0.820. The molecule has 1 fully saturated rings. The summed E-state index contributed by atoms with van der Waals surface area (Å²) in [6, 6.07) is 1.81. The van der Waals surface area contributed by atoms with Crippen molar-refractivity contribution in [3.63, 3.8) is 0 Å². The number of rotatable bonds is 6. The van der Waals surface area contributed by atoms with Crippen LogP contribution in [0.2, 0.25) is 0 Å². The SMILES string of the molecule is COc1ccnc(CNCC2CCC(Cl)CC2)c1OC. The molecule has 1 aliphatic carbocycles. The average molecular weight is 299 g/mol. The Bertz CT molecular complexity index is 420. The van der Waals surface area contributed by atoms with Crippen LogP contribution in [0.15, 0.2) is 12.3 Å². The molecule has 0 aromatic carbocycles. The minimum absolute atomic E-state index is 0.381. The summed E-state index contributed by atoms with van der Waals surface area (Å²) in [5.41, 5.74) is 0.887. The van der Waals surface area contributed by atoms with Crippen molar-refractivity contribution in [2.75, 3.05) is 20.8 Å². The lowest BCUT2D eigenvalue weighted by atomic mass is 9.89. The fourth-order valence-corrected chi connectivity index (χ4v) is 2.95. The van der Waals surface area contributed by atoms with E-state index in [9.17, 15) is 0 Å². The standard InChI is InChI=1S/C15H23ClN2O2/c1-19-14-7-8-18-13(15(14)20-2)10-17-9-11-3-5-12(16)6-4-11/h7-8,11-12,17H,3-6,9-10H2,1-2H3. The highest BCUT2D eigenvalue weighted by Gasteiger charge is 2.19. The highest BCUT2D eigenvalue weighted by Crippen LogP contribution is 2.29. The Morgan fingerprint density at radius 2 is 2.00 bits per heavy atom. The number of hydrogen-bond donors (Lipinski definition) is 1. The second-order valence-corrected chi connectivity index (χ2v) is 5.86. The van der Waals surface area contributed by atoms with E-state index in [2.05, 4.69) is 10.3 Å². The van der Waals surface area contributed by atoms with Crippen molar-refractivity contribution in [3.05, 3.63) is 18.0 Å². The van der Waals surface area contributed by atoms with Gasteiger partial charge >= 0.3 is 0 Å². The first-order chi connectivity index (χ1) is 9.74. The third-order valence-electron chi connectivity index (χ3n) is 3.87. The number of pyridine rings is 1. The van der Waals surface area contributed by atoms with Crippen LogP contribution in [-0.4, -0.2) is 31.1 Å². The molecule has 112 valence electrons. The Morgan fingerprint density at radius 3 is 2.65 bits per heavy atom.